The number of aliphatic hydroxyl groups excluding tert-OH is 1. The molecule has 1 rings (SSSR count). The zero-order chi connectivity index (χ0) is 14.4. The molecule has 5 heteroatoms. The first-order valence-corrected chi connectivity index (χ1v) is 6.38. The van der Waals surface area contributed by atoms with Gasteiger partial charge in [0.2, 0.25) is 5.91 Å². The fourth-order valence-electron chi connectivity index (χ4n) is 1.69. The number of nitrogens with one attached hydrogen (secondary N) is 1. The van der Waals surface area contributed by atoms with E-state index in [1.54, 1.807) is 19.9 Å². The first-order chi connectivity index (χ1) is 8.90. The van der Waals surface area contributed by atoms with Crippen LogP contribution < -0.4 is 5.32 Å². The molecule has 0 bridgehead atoms. The Bertz CT molecular complexity index is 454. The van der Waals surface area contributed by atoms with Crippen molar-refractivity contribution in [2.24, 2.45) is 0 Å². The molecule has 2 atom stereocenters. The second-order valence-corrected chi connectivity index (χ2v) is 4.87. The Labute approximate surface area is 117 Å². The highest BCUT2D eigenvalue weighted by molar-refractivity contribution is 6.32. The van der Waals surface area contributed by atoms with E-state index in [1.807, 2.05) is 0 Å². The van der Waals surface area contributed by atoms with Crippen LogP contribution in [0.5, 0.6) is 0 Å². The Morgan fingerprint density at radius 1 is 1.53 bits per heavy atom. The summed E-state index contributed by atoms with van der Waals surface area (Å²) in [7, 11) is 0. The fraction of sp³-hybridized carbons (Fsp3) is 0.357. The van der Waals surface area contributed by atoms with Crippen molar-refractivity contribution in [3.63, 3.8) is 0 Å². The highest BCUT2D eigenvalue weighted by atomic mass is 35.5. The van der Waals surface area contributed by atoms with Gasteiger partial charge in [-0.05, 0) is 38.5 Å². The van der Waals surface area contributed by atoms with Crippen LogP contribution in [0.2, 0.25) is 5.02 Å². The molecule has 1 aromatic rings. The SMILES string of the molecule is CC(O)CC(C)NC(=O)/C=C/c1c(F)cccc1Cl. The van der Waals surface area contributed by atoms with Gasteiger partial charge in [-0.2, -0.15) is 0 Å². The summed E-state index contributed by atoms with van der Waals surface area (Å²) < 4.78 is 13.4. The van der Waals surface area contributed by atoms with Crippen molar-refractivity contribution in [1.29, 1.82) is 0 Å². The summed E-state index contributed by atoms with van der Waals surface area (Å²) in [6, 6.07) is 4.17. The van der Waals surface area contributed by atoms with E-state index in [0.717, 1.165) is 0 Å². The second kappa shape index (κ2) is 7.26. The monoisotopic (exact) mass is 285 g/mol. The van der Waals surface area contributed by atoms with E-state index in [-0.39, 0.29) is 22.5 Å². The van der Waals surface area contributed by atoms with Crippen LogP contribution in [-0.2, 0) is 4.79 Å². The molecule has 0 saturated carbocycles. The molecule has 2 N–H and O–H groups in total. The molecule has 1 aromatic carbocycles. The van der Waals surface area contributed by atoms with Crippen molar-refractivity contribution in [1.82, 2.24) is 5.32 Å². The molecule has 0 aliphatic carbocycles. The van der Waals surface area contributed by atoms with E-state index in [0.29, 0.717) is 6.42 Å². The largest absolute Gasteiger partial charge is 0.393 e. The topological polar surface area (TPSA) is 49.3 Å². The highest BCUT2D eigenvalue weighted by Gasteiger charge is 2.08. The third-order valence-corrected chi connectivity index (χ3v) is 2.81. The smallest absolute Gasteiger partial charge is 0.244 e. The quantitative estimate of drug-likeness (QED) is 0.817. The molecule has 0 radical (unpaired) electrons. The van der Waals surface area contributed by atoms with Crippen LogP contribution in [-0.4, -0.2) is 23.2 Å². The molecule has 104 valence electrons. The summed E-state index contributed by atoms with van der Waals surface area (Å²) >= 11 is 5.83. The predicted molar refractivity (Wildman–Crippen MR) is 74.3 cm³/mol. The normalized spacial score (nSPS) is 14.4. The van der Waals surface area contributed by atoms with Crippen molar-refractivity contribution in [3.05, 3.63) is 40.7 Å². The molecule has 0 fully saturated rings. The molecule has 0 heterocycles. The Kier molecular flexibility index (Phi) is 5.99. The van der Waals surface area contributed by atoms with E-state index < -0.39 is 11.9 Å². The highest BCUT2D eigenvalue weighted by Crippen LogP contribution is 2.20. The molecule has 0 aromatic heterocycles. The standard InChI is InChI=1S/C14H17ClFNO2/c1-9(8-10(2)18)17-14(19)7-6-11-12(15)4-3-5-13(11)16/h3-7,9-10,18H,8H2,1-2H3,(H,17,19)/b7-6+. The molecule has 19 heavy (non-hydrogen) atoms. The van der Waals surface area contributed by atoms with Gasteiger partial charge >= 0.3 is 0 Å². The summed E-state index contributed by atoms with van der Waals surface area (Å²) in [6.45, 7) is 3.44. The van der Waals surface area contributed by atoms with Gasteiger partial charge in [0.05, 0.1) is 11.1 Å². The summed E-state index contributed by atoms with van der Waals surface area (Å²) in [5, 5.41) is 12.1. The summed E-state index contributed by atoms with van der Waals surface area (Å²) in [5.74, 6) is -0.832. The van der Waals surface area contributed by atoms with Gasteiger partial charge in [-0.15, -0.1) is 0 Å². The number of benzene rings is 1. The van der Waals surface area contributed by atoms with Crippen molar-refractivity contribution in [2.45, 2.75) is 32.4 Å². The third-order valence-electron chi connectivity index (χ3n) is 2.48. The molecular formula is C14H17ClFNO2. The Morgan fingerprint density at radius 2 is 2.21 bits per heavy atom. The number of hydrogen-bond donors (Lipinski definition) is 2. The summed E-state index contributed by atoms with van der Waals surface area (Å²) in [6.07, 6.45) is 2.53. The van der Waals surface area contributed by atoms with Crippen LogP contribution in [0.1, 0.15) is 25.8 Å². The number of carbonyl (C=O) groups is 1. The average Bonchev–Trinajstić information content (AvgIpc) is 2.26. The van der Waals surface area contributed by atoms with Crippen LogP contribution in [0.4, 0.5) is 4.39 Å². The van der Waals surface area contributed by atoms with Gasteiger partial charge in [0.15, 0.2) is 0 Å². The predicted octanol–water partition coefficient (Wildman–Crippen LogP) is 2.77. The van der Waals surface area contributed by atoms with Crippen molar-refractivity contribution < 1.29 is 14.3 Å². The molecule has 1 amide bonds. The lowest BCUT2D eigenvalue weighted by Gasteiger charge is -2.13. The lowest BCUT2D eigenvalue weighted by Crippen LogP contribution is -2.33. The van der Waals surface area contributed by atoms with Crippen LogP contribution >= 0.6 is 11.6 Å². The van der Waals surface area contributed by atoms with Crippen LogP contribution in [0, 0.1) is 5.82 Å². The number of aliphatic hydroxyl groups is 1. The number of halogens is 2. The van der Waals surface area contributed by atoms with E-state index in [1.165, 1.54) is 24.3 Å². The van der Waals surface area contributed by atoms with Crippen LogP contribution in [0.3, 0.4) is 0 Å². The van der Waals surface area contributed by atoms with Gasteiger partial charge in [0, 0.05) is 17.7 Å². The first kappa shape index (κ1) is 15.7. The molecule has 0 saturated heterocycles. The lowest BCUT2D eigenvalue weighted by molar-refractivity contribution is -0.117. The van der Waals surface area contributed by atoms with Gasteiger partial charge < -0.3 is 10.4 Å². The Balaban J connectivity index is 2.64. The van der Waals surface area contributed by atoms with E-state index in [9.17, 15) is 14.3 Å². The van der Waals surface area contributed by atoms with Gasteiger partial charge in [0.1, 0.15) is 5.82 Å². The zero-order valence-corrected chi connectivity index (χ0v) is 11.6. The molecule has 2 unspecified atom stereocenters. The fourth-order valence-corrected chi connectivity index (χ4v) is 1.92. The maximum atomic E-state index is 13.4. The van der Waals surface area contributed by atoms with Crippen molar-refractivity contribution >= 4 is 23.6 Å². The Hall–Kier alpha value is -1.39. The molecule has 0 spiro atoms. The van der Waals surface area contributed by atoms with Crippen molar-refractivity contribution in [3.8, 4) is 0 Å². The number of rotatable bonds is 5. The third kappa shape index (κ3) is 5.41. The van der Waals surface area contributed by atoms with E-state index in [2.05, 4.69) is 5.32 Å². The molecule has 3 nitrogen and oxygen atoms in total. The van der Waals surface area contributed by atoms with Gasteiger partial charge in [-0.1, -0.05) is 17.7 Å². The maximum absolute atomic E-state index is 13.4. The minimum Gasteiger partial charge on any atom is -0.393 e. The van der Waals surface area contributed by atoms with Gasteiger partial charge in [0.25, 0.3) is 0 Å². The maximum Gasteiger partial charge on any atom is 0.244 e. The van der Waals surface area contributed by atoms with Crippen LogP contribution in [0.25, 0.3) is 6.08 Å². The van der Waals surface area contributed by atoms with Crippen molar-refractivity contribution in [2.75, 3.05) is 0 Å². The first-order valence-electron chi connectivity index (χ1n) is 6.00. The van der Waals surface area contributed by atoms with Gasteiger partial charge in [-0.25, -0.2) is 4.39 Å². The number of carbonyl (C=O) groups excluding carboxylic acids is 1. The summed E-state index contributed by atoms with van der Waals surface area (Å²) in [5.41, 5.74) is 0.183. The van der Waals surface area contributed by atoms with E-state index in [4.69, 9.17) is 11.6 Å². The van der Waals surface area contributed by atoms with Crippen LogP contribution in [0.15, 0.2) is 24.3 Å². The minimum atomic E-state index is -0.486. The second-order valence-electron chi connectivity index (χ2n) is 4.46. The number of hydrogen-bond acceptors (Lipinski definition) is 2. The molecule has 0 aliphatic heterocycles. The number of amides is 1. The average molecular weight is 286 g/mol. The lowest BCUT2D eigenvalue weighted by atomic mass is 10.1. The van der Waals surface area contributed by atoms with E-state index >= 15 is 0 Å². The minimum absolute atomic E-state index is 0.159. The molecule has 0 aliphatic rings. The summed E-state index contributed by atoms with van der Waals surface area (Å²) in [4.78, 5) is 11.6. The Morgan fingerprint density at radius 3 is 2.79 bits per heavy atom. The van der Waals surface area contributed by atoms with Gasteiger partial charge in [-0.3, -0.25) is 4.79 Å². The zero-order valence-electron chi connectivity index (χ0n) is 10.9. The molecular weight excluding hydrogens is 269 g/mol.